The molecular weight excluding hydrogens is 228 g/mol. The molecule has 18 heavy (non-hydrogen) atoms. The first-order valence-electron chi connectivity index (χ1n) is 7.32. The number of rotatable bonds is 5. The van der Waals surface area contributed by atoms with Gasteiger partial charge in [-0.15, -0.1) is 0 Å². The summed E-state index contributed by atoms with van der Waals surface area (Å²) in [6.45, 7) is 7.69. The molecule has 0 aliphatic carbocycles. The molecule has 2 fully saturated rings. The van der Waals surface area contributed by atoms with Gasteiger partial charge in [0.05, 0.1) is 11.7 Å². The van der Waals surface area contributed by atoms with E-state index in [0.29, 0.717) is 12.6 Å². The number of hydrogen-bond donors (Lipinski definition) is 2. The van der Waals surface area contributed by atoms with Crippen LogP contribution in [0.2, 0.25) is 0 Å². The highest BCUT2D eigenvalue weighted by Gasteiger charge is 2.38. The van der Waals surface area contributed by atoms with Crippen molar-refractivity contribution in [2.75, 3.05) is 26.3 Å². The number of ether oxygens (including phenoxy) is 2. The molecule has 4 heteroatoms. The van der Waals surface area contributed by atoms with Crippen LogP contribution < -0.4 is 11.1 Å². The summed E-state index contributed by atoms with van der Waals surface area (Å²) in [5.74, 6) is 0. The second-order valence-electron chi connectivity index (χ2n) is 6.10. The number of hydrogen-bond acceptors (Lipinski definition) is 4. The topological polar surface area (TPSA) is 56.5 Å². The zero-order chi connectivity index (χ0) is 13.1. The van der Waals surface area contributed by atoms with Gasteiger partial charge in [-0.25, -0.2) is 0 Å². The lowest BCUT2D eigenvalue weighted by Gasteiger charge is -2.42. The fraction of sp³-hybridized carbons (Fsp3) is 1.00. The van der Waals surface area contributed by atoms with Gasteiger partial charge in [0, 0.05) is 31.8 Å². The van der Waals surface area contributed by atoms with Crippen LogP contribution in [0, 0.1) is 0 Å². The maximum Gasteiger partial charge on any atom is 0.0779 e. The Morgan fingerprint density at radius 3 is 2.78 bits per heavy atom. The highest BCUT2D eigenvalue weighted by Crippen LogP contribution is 2.29. The van der Waals surface area contributed by atoms with Crippen molar-refractivity contribution in [2.24, 2.45) is 5.73 Å². The maximum absolute atomic E-state index is 6.02. The lowest BCUT2D eigenvalue weighted by molar-refractivity contribution is -0.0397. The van der Waals surface area contributed by atoms with Gasteiger partial charge in [-0.05, 0) is 39.0 Å². The molecule has 2 rings (SSSR count). The van der Waals surface area contributed by atoms with Gasteiger partial charge < -0.3 is 20.5 Å². The molecule has 0 bridgehead atoms. The van der Waals surface area contributed by atoms with Crippen molar-refractivity contribution in [2.45, 2.75) is 63.2 Å². The fourth-order valence-corrected chi connectivity index (χ4v) is 3.05. The molecule has 3 atom stereocenters. The molecule has 3 unspecified atom stereocenters. The van der Waals surface area contributed by atoms with Crippen LogP contribution in [0.3, 0.4) is 0 Å². The van der Waals surface area contributed by atoms with Gasteiger partial charge in [0.2, 0.25) is 0 Å². The van der Waals surface area contributed by atoms with Crippen LogP contribution in [0.1, 0.15) is 46.0 Å². The zero-order valence-corrected chi connectivity index (χ0v) is 11.8. The first-order valence-corrected chi connectivity index (χ1v) is 7.32. The van der Waals surface area contributed by atoms with E-state index in [1.54, 1.807) is 0 Å². The van der Waals surface area contributed by atoms with Crippen molar-refractivity contribution in [3.8, 4) is 0 Å². The van der Waals surface area contributed by atoms with Gasteiger partial charge in [0.25, 0.3) is 0 Å². The summed E-state index contributed by atoms with van der Waals surface area (Å²) in [5, 5.41) is 3.70. The van der Waals surface area contributed by atoms with Crippen LogP contribution in [0.4, 0.5) is 0 Å². The Hall–Kier alpha value is -0.160. The van der Waals surface area contributed by atoms with Crippen LogP contribution in [0.5, 0.6) is 0 Å². The highest BCUT2D eigenvalue weighted by atomic mass is 16.5. The van der Waals surface area contributed by atoms with E-state index in [1.165, 1.54) is 6.42 Å². The predicted octanol–water partition coefficient (Wildman–Crippen LogP) is 1.43. The van der Waals surface area contributed by atoms with E-state index in [1.807, 2.05) is 0 Å². The summed E-state index contributed by atoms with van der Waals surface area (Å²) < 4.78 is 11.6. The molecule has 106 valence electrons. The highest BCUT2D eigenvalue weighted by molar-refractivity contribution is 4.96. The lowest BCUT2D eigenvalue weighted by atomic mass is 9.85. The minimum atomic E-state index is 0.00217. The Morgan fingerprint density at radius 1 is 1.33 bits per heavy atom. The van der Waals surface area contributed by atoms with Gasteiger partial charge in [0.1, 0.15) is 0 Å². The van der Waals surface area contributed by atoms with Crippen molar-refractivity contribution in [3.63, 3.8) is 0 Å². The van der Waals surface area contributed by atoms with E-state index in [0.717, 1.165) is 45.4 Å². The smallest absolute Gasteiger partial charge is 0.0779 e. The van der Waals surface area contributed by atoms with Crippen molar-refractivity contribution < 1.29 is 9.47 Å². The molecular formula is C14H28N2O2. The van der Waals surface area contributed by atoms with E-state index in [-0.39, 0.29) is 11.1 Å². The van der Waals surface area contributed by atoms with Crippen LogP contribution in [0.15, 0.2) is 0 Å². The largest absolute Gasteiger partial charge is 0.378 e. The van der Waals surface area contributed by atoms with Crippen molar-refractivity contribution in [1.82, 2.24) is 5.32 Å². The summed E-state index contributed by atoms with van der Waals surface area (Å²) in [7, 11) is 0. The third kappa shape index (κ3) is 3.23. The van der Waals surface area contributed by atoms with Gasteiger partial charge in [-0.2, -0.15) is 0 Å². The molecule has 2 aliphatic heterocycles. The third-order valence-electron chi connectivity index (χ3n) is 4.54. The maximum atomic E-state index is 6.02. The van der Waals surface area contributed by atoms with Crippen molar-refractivity contribution in [1.29, 1.82) is 0 Å². The number of nitrogens with one attached hydrogen (secondary N) is 1. The molecule has 0 saturated carbocycles. The summed E-state index contributed by atoms with van der Waals surface area (Å²) in [5.41, 5.74) is 6.08. The average Bonchev–Trinajstić information content (AvgIpc) is 2.84. The van der Waals surface area contributed by atoms with Crippen molar-refractivity contribution >= 4 is 0 Å². The Morgan fingerprint density at radius 2 is 2.17 bits per heavy atom. The lowest BCUT2D eigenvalue weighted by Crippen LogP contribution is -2.59. The average molecular weight is 256 g/mol. The summed E-state index contributed by atoms with van der Waals surface area (Å²) in [4.78, 5) is 0. The molecule has 0 amide bonds. The molecule has 2 heterocycles. The molecule has 2 aliphatic rings. The SMILES string of the molecule is CCC1CC(CN)(NCC2(C)CCCO2)CCO1. The third-order valence-corrected chi connectivity index (χ3v) is 4.54. The second kappa shape index (κ2) is 5.87. The molecule has 3 N–H and O–H groups in total. The van der Waals surface area contributed by atoms with Gasteiger partial charge >= 0.3 is 0 Å². The van der Waals surface area contributed by atoms with Gasteiger partial charge in [0.15, 0.2) is 0 Å². The molecule has 0 spiro atoms. The molecule has 0 radical (unpaired) electrons. The van der Waals surface area contributed by atoms with Crippen LogP contribution in [-0.4, -0.2) is 43.5 Å². The normalized spacial score (nSPS) is 41.2. The van der Waals surface area contributed by atoms with E-state index < -0.39 is 0 Å². The summed E-state index contributed by atoms with van der Waals surface area (Å²) in [6.07, 6.45) is 5.78. The Bertz CT molecular complexity index is 267. The molecule has 0 aromatic carbocycles. The molecule has 0 aromatic heterocycles. The first-order chi connectivity index (χ1) is 8.61. The fourth-order valence-electron chi connectivity index (χ4n) is 3.05. The van der Waals surface area contributed by atoms with E-state index in [4.69, 9.17) is 15.2 Å². The van der Waals surface area contributed by atoms with Crippen LogP contribution in [-0.2, 0) is 9.47 Å². The monoisotopic (exact) mass is 256 g/mol. The predicted molar refractivity (Wildman–Crippen MR) is 72.6 cm³/mol. The Labute approximate surface area is 111 Å². The van der Waals surface area contributed by atoms with Gasteiger partial charge in [-0.1, -0.05) is 6.92 Å². The van der Waals surface area contributed by atoms with Crippen molar-refractivity contribution in [3.05, 3.63) is 0 Å². The summed E-state index contributed by atoms with van der Waals surface area (Å²) in [6, 6.07) is 0. The van der Waals surface area contributed by atoms with E-state index in [9.17, 15) is 0 Å². The Balaban J connectivity index is 1.91. The van der Waals surface area contributed by atoms with Crippen LogP contribution >= 0.6 is 0 Å². The molecule has 2 saturated heterocycles. The first kappa shape index (κ1) is 14.3. The zero-order valence-electron chi connectivity index (χ0n) is 11.8. The van der Waals surface area contributed by atoms with E-state index >= 15 is 0 Å². The van der Waals surface area contributed by atoms with Gasteiger partial charge in [-0.3, -0.25) is 0 Å². The second-order valence-corrected chi connectivity index (χ2v) is 6.10. The number of nitrogens with two attached hydrogens (primary N) is 1. The quantitative estimate of drug-likeness (QED) is 0.781. The Kier molecular flexibility index (Phi) is 4.64. The summed E-state index contributed by atoms with van der Waals surface area (Å²) >= 11 is 0. The van der Waals surface area contributed by atoms with E-state index in [2.05, 4.69) is 19.2 Å². The molecule has 4 nitrogen and oxygen atoms in total. The standard InChI is InChI=1S/C14H28N2O2/c1-3-12-9-14(10-15,6-8-17-12)16-11-13(2)5-4-7-18-13/h12,16H,3-11,15H2,1-2H3. The van der Waals surface area contributed by atoms with Crippen LogP contribution in [0.25, 0.3) is 0 Å². The minimum Gasteiger partial charge on any atom is -0.378 e. The minimum absolute atomic E-state index is 0.00217. The molecule has 0 aromatic rings.